The third-order valence-electron chi connectivity index (χ3n) is 3.46. The van der Waals surface area contributed by atoms with Crippen LogP contribution in [0.4, 0.5) is 5.69 Å². The molecular weight excluding hydrogens is 250 g/mol. The number of para-hydroxylation sites is 1. The zero-order valence-corrected chi connectivity index (χ0v) is 12.1. The molecule has 0 spiro atoms. The van der Waals surface area contributed by atoms with Crippen molar-refractivity contribution in [1.82, 2.24) is 4.90 Å². The van der Waals surface area contributed by atoms with E-state index in [0.29, 0.717) is 25.4 Å². The van der Waals surface area contributed by atoms with Gasteiger partial charge in [-0.3, -0.25) is 4.79 Å². The third-order valence-corrected chi connectivity index (χ3v) is 3.46. The van der Waals surface area contributed by atoms with Crippen LogP contribution >= 0.6 is 0 Å². The maximum atomic E-state index is 12.6. The van der Waals surface area contributed by atoms with Crippen molar-refractivity contribution in [3.8, 4) is 6.07 Å². The Morgan fingerprint density at radius 1 is 1.50 bits per heavy atom. The van der Waals surface area contributed by atoms with Crippen LogP contribution in [0.15, 0.2) is 24.3 Å². The van der Waals surface area contributed by atoms with Crippen LogP contribution in [0, 0.1) is 17.2 Å². The lowest BCUT2D eigenvalue weighted by Crippen LogP contribution is -2.44. The van der Waals surface area contributed by atoms with E-state index in [4.69, 9.17) is 5.26 Å². The molecule has 1 aromatic rings. The Labute approximate surface area is 120 Å². The summed E-state index contributed by atoms with van der Waals surface area (Å²) >= 11 is 0. The Kier molecular flexibility index (Phi) is 4.62. The van der Waals surface area contributed by atoms with Crippen molar-refractivity contribution >= 4 is 11.6 Å². The minimum Gasteiger partial charge on any atom is -0.373 e. The van der Waals surface area contributed by atoms with Gasteiger partial charge in [0.05, 0.1) is 12.5 Å². The summed E-state index contributed by atoms with van der Waals surface area (Å²) in [5.74, 6) is 0.506. The summed E-state index contributed by atoms with van der Waals surface area (Å²) in [6, 6.07) is 9.96. The normalized spacial score (nSPS) is 16.4. The monoisotopic (exact) mass is 271 g/mol. The smallest absolute Gasteiger partial charge is 0.245 e. The van der Waals surface area contributed by atoms with Crippen LogP contribution < -0.4 is 5.32 Å². The molecule has 1 amide bonds. The predicted octanol–water partition coefficient (Wildman–Crippen LogP) is 2.42. The van der Waals surface area contributed by atoms with Crippen molar-refractivity contribution in [3.63, 3.8) is 0 Å². The molecule has 0 aliphatic carbocycles. The lowest BCUT2D eigenvalue weighted by atomic mass is 10.1. The average molecular weight is 271 g/mol. The summed E-state index contributed by atoms with van der Waals surface area (Å²) in [7, 11) is 0. The first kappa shape index (κ1) is 14.4. The van der Waals surface area contributed by atoms with Gasteiger partial charge in [-0.1, -0.05) is 32.0 Å². The summed E-state index contributed by atoms with van der Waals surface area (Å²) in [6.45, 7) is 5.39. The first-order valence-electron chi connectivity index (χ1n) is 7.12. The lowest BCUT2D eigenvalue weighted by molar-refractivity contribution is -0.132. The van der Waals surface area contributed by atoms with Gasteiger partial charge in [-0.05, 0) is 17.5 Å². The standard InChI is InChI=1S/C16H21N3O/c1-12(2)11-19(9-5-8-17)16(20)15-10-13-6-3-4-7-14(13)18-15/h3-4,6-7,12,15,18H,5,9-11H2,1-2H3/t15-/m0/s1. The fourth-order valence-electron chi connectivity index (χ4n) is 2.58. The van der Waals surface area contributed by atoms with E-state index in [0.717, 1.165) is 12.1 Å². The first-order chi connectivity index (χ1) is 9.61. The first-order valence-corrected chi connectivity index (χ1v) is 7.12. The van der Waals surface area contributed by atoms with Crippen LogP contribution in [0.3, 0.4) is 0 Å². The quantitative estimate of drug-likeness (QED) is 0.894. The minimum atomic E-state index is -0.190. The highest BCUT2D eigenvalue weighted by molar-refractivity contribution is 5.87. The number of carbonyl (C=O) groups excluding carboxylic acids is 1. The molecule has 1 aromatic carbocycles. The van der Waals surface area contributed by atoms with Gasteiger partial charge in [0, 0.05) is 25.2 Å². The second-order valence-corrected chi connectivity index (χ2v) is 5.64. The highest BCUT2D eigenvalue weighted by Gasteiger charge is 2.29. The number of fused-ring (bicyclic) bond motifs is 1. The minimum absolute atomic E-state index is 0.102. The molecule has 106 valence electrons. The number of nitrogens with zero attached hydrogens (tertiary/aromatic N) is 2. The molecule has 1 aliphatic rings. The van der Waals surface area contributed by atoms with Crippen molar-refractivity contribution in [2.24, 2.45) is 5.92 Å². The van der Waals surface area contributed by atoms with Gasteiger partial charge in [-0.25, -0.2) is 0 Å². The molecule has 0 saturated carbocycles. The summed E-state index contributed by atoms with van der Waals surface area (Å²) in [5, 5.41) is 12.0. The van der Waals surface area contributed by atoms with Gasteiger partial charge in [-0.15, -0.1) is 0 Å². The second kappa shape index (κ2) is 6.42. The Morgan fingerprint density at radius 2 is 2.25 bits per heavy atom. The van der Waals surface area contributed by atoms with E-state index in [1.165, 1.54) is 5.56 Å². The van der Waals surface area contributed by atoms with Crippen LogP contribution in [0.5, 0.6) is 0 Å². The molecule has 1 atom stereocenters. The summed E-state index contributed by atoms with van der Waals surface area (Å²) in [4.78, 5) is 14.4. The zero-order chi connectivity index (χ0) is 14.5. The van der Waals surface area contributed by atoms with Gasteiger partial charge in [0.2, 0.25) is 5.91 Å². The largest absolute Gasteiger partial charge is 0.373 e. The van der Waals surface area contributed by atoms with Gasteiger partial charge < -0.3 is 10.2 Å². The number of rotatable bonds is 5. The van der Waals surface area contributed by atoms with Crippen molar-refractivity contribution < 1.29 is 4.79 Å². The maximum absolute atomic E-state index is 12.6. The average Bonchev–Trinajstić information content (AvgIpc) is 2.86. The SMILES string of the molecule is CC(C)CN(CCC#N)C(=O)[C@@H]1Cc2ccccc2N1. The molecule has 20 heavy (non-hydrogen) atoms. The molecule has 0 aromatic heterocycles. The van der Waals surface area contributed by atoms with Crippen LogP contribution in [0.2, 0.25) is 0 Å². The van der Waals surface area contributed by atoms with E-state index >= 15 is 0 Å². The number of hydrogen-bond donors (Lipinski definition) is 1. The molecule has 1 aliphatic heterocycles. The van der Waals surface area contributed by atoms with E-state index in [1.807, 2.05) is 23.1 Å². The van der Waals surface area contributed by atoms with E-state index in [1.54, 1.807) is 0 Å². The molecule has 1 N–H and O–H groups in total. The second-order valence-electron chi connectivity index (χ2n) is 5.64. The van der Waals surface area contributed by atoms with Gasteiger partial charge in [0.15, 0.2) is 0 Å². The molecule has 2 rings (SSSR count). The fourth-order valence-corrected chi connectivity index (χ4v) is 2.58. The Morgan fingerprint density at radius 3 is 2.90 bits per heavy atom. The van der Waals surface area contributed by atoms with Crippen molar-refractivity contribution in [1.29, 1.82) is 5.26 Å². The molecule has 4 nitrogen and oxygen atoms in total. The van der Waals surface area contributed by atoms with Gasteiger partial charge >= 0.3 is 0 Å². The fraction of sp³-hybridized carbons (Fsp3) is 0.500. The number of benzene rings is 1. The molecule has 0 fully saturated rings. The van der Waals surface area contributed by atoms with E-state index in [2.05, 4.69) is 31.3 Å². The molecule has 1 heterocycles. The lowest BCUT2D eigenvalue weighted by Gasteiger charge is -2.26. The summed E-state index contributed by atoms with van der Waals surface area (Å²) in [6.07, 6.45) is 1.12. The van der Waals surface area contributed by atoms with Gasteiger partial charge in [0.1, 0.15) is 6.04 Å². The van der Waals surface area contributed by atoms with Crippen molar-refractivity contribution in [2.75, 3.05) is 18.4 Å². The van der Waals surface area contributed by atoms with E-state index < -0.39 is 0 Å². The van der Waals surface area contributed by atoms with Crippen LogP contribution in [-0.4, -0.2) is 29.9 Å². The van der Waals surface area contributed by atoms with Crippen LogP contribution in [0.25, 0.3) is 0 Å². The molecule has 0 unspecified atom stereocenters. The van der Waals surface area contributed by atoms with Crippen molar-refractivity contribution in [3.05, 3.63) is 29.8 Å². The number of nitrogens with one attached hydrogen (secondary N) is 1. The number of anilines is 1. The Bertz CT molecular complexity index is 494. The molecule has 0 bridgehead atoms. The zero-order valence-electron chi connectivity index (χ0n) is 12.1. The molecule has 0 saturated heterocycles. The number of amides is 1. The molecule has 4 heteroatoms. The number of hydrogen-bond acceptors (Lipinski definition) is 3. The third kappa shape index (κ3) is 3.30. The highest BCUT2D eigenvalue weighted by Crippen LogP contribution is 2.26. The summed E-state index contributed by atoms with van der Waals surface area (Å²) in [5.41, 5.74) is 2.24. The Balaban J connectivity index is 2.04. The topological polar surface area (TPSA) is 56.1 Å². The molecular formula is C16H21N3O. The highest BCUT2D eigenvalue weighted by atomic mass is 16.2. The van der Waals surface area contributed by atoms with E-state index in [-0.39, 0.29) is 11.9 Å². The number of carbonyl (C=O) groups is 1. The number of nitriles is 1. The van der Waals surface area contributed by atoms with Crippen molar-refractivity contribution in [2.45, 2.75) is 32.7 Å². The Hall–Kier alpha value is -2.02. The van der Waals surface area contributed by atoms with Crippen LogP contribution in [0.1, 0.15) is 25.8 Å². The maximum Gasteiger partial charge on any atom is 0.245 e. The van der Waals surface area contributed by atoms with Crippen LogP contribution in [-0.2, 0) is 11.2 Å². The van der Waals surface area contributed by atoms with E-state index in [9.17, 15) is 4.79 Å². The summed E-state index contributed by atoms with van der Waals surface area (Å²) < 4.78 is 0. The van der Waals surface area contributed by atoms with Gasteiger partial charge in [-0.2, -0.15) is 5.26 Å². The van der Waals surface area contributed by atoms with Gasteiger partial charge in [0.25, 0.3) is 0 Å². The predicted molar refractivity (Wildman–Crippen MR) is 79.2 cm³/mol. The molecule has 0 radical (unpaired) electrons.